The molecule has 1 N–H and O–H groups in total. The summed E-state index contributed by atoms with van der Waals surface area (Å²) in [5, 5.41) is 11.6. The molecule has 3 rings (SSSR count). The summed E-state index contributed by atoms with van der Waals surface area (Å²) >= 11 is 0. The molecule has 0 radical (unpaired) electrons. The van der Waals surface area contributed by atoms with Crippen molar-refractivity contribution < 1.29 is 38.4 Å². The van der Waals surface area contributed by atoms with Crippen molar-refractivity contribution >= 4 is 17.9 Å². The molecule has 2 saturated heterocycles. The van der Waals surface area contributed by atoms with E-state index in [0.717, 1.165) is 0 Å². The van der Waals surface area contributed by atoms with Gasteiger partial charge in [-0.05, 0) is 56.9 Å². The molecule has 8 nitrogen and oxygen atoms in total. The van der Waals surface area contributed by atoms with Crippen LogP contribution in [-0.2, 0) is 33.3 Å². The van der Waals surface area contributed by atoms with Gasteiger partial charge in [0.15, 0.2) is 5.60 Å². The van der Waals surface area contributed by atoms with Crippen LogP contribution >= 0.6 is 0 Å². The van der Waals surface area contributed by atoms with E-state index in [0.29, 0.717) is 31.3 Å². The fraction of sp³-hybridized carbons (Fsp3) is 0.808. The Labute approximate surface area is 202 Å². The van der Waals surface area contributed by atoms with E-state index >= 15 is 0 Å². The Kier molecular flexibility index (Phi) is 7.54. The Morgan fingerprint density at radius 2 is 1.71 bits per heavy atom. The summed E-state index contributed by atoms with van der Waals surface area (Å²) in [5.74, 6) is -1.53. The zero-order chi connectivity index (χ0) is 25.6. The normalized spacial score (nSPS) is 42.1. The third-order valence-corrected chi connectivity index (χ3v) is 8.05. The van der Waals surface area contributed by atoms with Gasteiger partial charge in [-0.15, -0.1) is 0 Å². The molecule has 1 aliphatic carbocycles. The van der Waals surface area contributed by atoms with Gasteiger partial charge in [-0.1, -0.05) is 20.4 Å². The van der Waals surface area contributed by atoms with Gasteiger partial charge in [0.1, 0.15) is 12.2 Å². The van der Waals surface area contributed by atoms with Crippen molar-refractivity contribution in [3.05, 3.63) is 12.2 Å². The van der Waals surface area contributed by atoms with Crippen LogP contribution in [0.15, 0.2) is 12.2 Å². The molecular weight excluding hydrogens is 440 g/mol. The maximum Gasteiger partial charge on any atom is 0.303 e. The number of fused-ring (bicyclic) bond motifs is 5. The van der Waals surface area contributed by atoms with Gasteiger partial charge in [0.2, 0.25) is 0 Å². The molecule has 0 aromatic rings. The van der Waals surface area contributed by atoms with Crippen LogP contribution in [0, 0.1) is 23.7 Å². The van der Waals surface area contributed by atoms with Crippen molar-refractivity contribution in [1.29, 1.82) is 0 Å². The predicted molar refractivity (Wildman–Crippen MR) is 123 cm³/mol. The Balaban J connectivity index is 2.13. The monoisotopic (exact) mass is 480 g/mol. The number of rotatable bonds is 4. The molecule has 2 heterocycles. The lowest BCUT2D eigenvalue weighted by molar-refractivity contribution is -0.215. The summed E-state index contributed by atoms with van der Waals surface area (Å²) in [6.07, 6.45) is -0.508. The van der Waals surface area contributed by atoms with Crippen LogP contribution in [0.4, 0.5) is 0 Å². The number of esters is 3. The summed E-state index contributed by atoms with van der Waals surface area (Å²) in [4.78, 5) is 36.0. The summed E-state index contributed by atoms with van der Waals surface area (Å²) in [6, 6.07) is 0. The van der Waals surface area contributed by atoms with Crippen molar-refractivity contribution in [3.8, 4) is 0 Å². The number of aliphatic hydroxyl groups is 1. The molecule has 3 fully saturated rings. The minimum atomic E-state index is -1.21. The van der Waals surface area contributed by atoms with E-state index in [4.69, 9.17) is 18.9 Å². The van der Waals surface area contributed by atoms with E-state index in [-0.39, 0.29) is 23.7 Å². The zero-order valence-electron chi connectivity index (χ0n) is 21.5. The maximum absolute atomic E-state index is 12.3. The summed E-state index contributed by atoms with van der Waals surface area (Å²) in [5.41, 5.74) is -1.67. The van der Waals surface area contributed by atoms with Crippen LogP contribution in [0.1, 0.15) is 74.1 Å². The predicted octanol–water partition coefficient (Wildman–Crippen LogP) is 3.34. The summed E-state index contributed by atoms with van der Waals surface area (Å²) in [6.45, 7) is 16.0. The smallest absolute Gasteiger partial charge is 0.303 e. The third kappa shape index (κ3) is 5.03. The molecule has 9 atom stereocenters. The molecule has 0 amide bonds. The van der Waals surface area contributed by atoms with Crippen LogP contribution in [0.25, 0.3) is 0 Å². The second-order valence-corrected chi connectivity index (χ2v) is 11.1. The lowest BCUT2D eigenvalue weighted by Crippen LogP contribution is -2.62. The first kappa shape index (κ1) is 26.7. The molecule has 3 aliphatic rings. The molecule has 34 heavy (non-hydrogen) atoms. The van der Waals surface area contributed by atoms with Gasteiger partial charge < -0.3 is 24.1 Å². The fourth-order valence-corrected chi connectivity index (χ4v) is 6.66. The molecule has 192 valence electrons. The van der Waals surface area contributed by atoms with Crippen LogP contribution in [0.2, 0.25) is 0 Å². The minimum absolute atomic E-state index is 0.0661. The van der Waals surface area contributed by atoms with Gasteiger partial charge in [-0.25, -0.2) is 0 Å². The number of hydrogen-bond donors (Lipinski definition) is 1. The molecule has 0 aromatic carbocycles. The molecule has 0 aromatic heterocycles. The second-order valence-electron chi connectivity index (χ2n) is 11.1. The highest BCUT2D eigenvalue weighted by Gasteiger charge is 2.67. The van der Waals surface area contributed by atoms with E-state index in [2.05, 4.69) is 20.4 Å². The maximum atomic E-state index is 12.3. The van der Waals surface area contributed by atoms with E-state index in [9.17, 15) is 19.5 Å². The average molecular weight is 481 g/mol. The first-order valence-electron chi connectivity index (χ1n) is 12.3. The van der Waals surface area contributed by atoms with Crippen molar-refractivity contribution in [1.82, 2.24) is 0 Å². The van der Waals surface area contributed by atoms with Crippen LogP contribution < -0.4 is 0 Å². The molecule has 2 bridgehead atoms. The Hall–Kier alpha value is -1.93. The highest BCUT2D eigenvalue weighted by Crippen LogP contribution is 2.58. The molecule has 0 unspecified atom stereocenters. The average Bonchev–Trinajstić information content (AvgIpc) is 3.07. The van der Waals surface area contributed by atoms with Gasteiger partial charge in [-0.3, -0.25) is 14.4 Å². The van der Waals surface area contributed by atoms with Gasteiger partial charge >= 0.3 is 17.9 Å². The highest BCUT2D eigenvalue weighted by molar-refractivity contribution is 5.68. The van der Waals surface area contributed by atoms with Crippen molar-refractivity contribution in [2.75, 3.05) is 0 Å². The first-order valence-corrected chi connectivity index (χ1v) is 12.3. The van der Waals surface area contributed by atoms with Crippen molar-refractivity contribution in [2.45, 2.75) is 110 Å². The van der Waals surface area contributed by atoms with E-state index in [1.165, 1.54) is 20.8 Å². The van der Waals surface area contributed by atoms with Crippen molar-refractivity contribution in [3.63, 3.8) is 0 Å². The SMILES string of the molecule is C=C1C[C@H]2O[C@H]([C@H]3[C@@H]2[C@](C)(OC(C)=O)[C@@H](OC(C)=O)C[C@@H]3C(C)C)[C@](C)(O)CC[C@@H]1OC(C)=O. The highest BCUT2D eigenvalue weighted by atomic mass is 16.6. The van der Waals surface area contributed by atoms with Crippen LogP contribution in [0.5, 0.6) is 0 Å². The molecule has 8 heteroatoms. The Morgan fingerprint density at radius 1 is 1.09 bits per heavy atom. The minimum Gasteiger partial charge on any atom is -0.458 e. The van der Waals surface area contributed by atoms with Gasteiger partial charge in [-0.2, -0.15) is 0 Å². The summed E-state index contributed by atoms with van der Waals surface area (Å²) < 4.78 is 23.8. The Morgan fingerprint density at radius 3 is 2.24 bits per heavy atom. The lowest BCUT2D eigenvalue weighted by atomic mass is 9.56. The van der Waals surface area contributed by atoms with E-state index in [1.54, 1.807) is 6.92 Å². The Bertz CT molecular complexity index is 833. The molecular formula is C26H40O8. The molecule has 1 saturated carbocycles. The number of carbonyl (C=O) groups is 3. The topological polar surface area (TPSA) is 108 Å². The van der Waals surface area contributed by atoms with Crippen molar-refractivity contribution in [2.24, 2.45) is 23.7 Å². The quantitative estimate of drug-likeness (QED) is 0.371. The lowest BCUT2D eigenvalue weighted by Gasteiger charge is -2.53. The largest absolute Gasteiger partial charge is 0.458 e. The van der Waals surface area contributed by atoms with Gasteiger partial charge in [0.05, 0.1) is 17.8 Å². The fourth-order valence-electron chi connectivity index (χ4n) is 6.66. The first-order chi connectivity index (χ1) is 15.7. The van der Waals surface area contributed by atoms with Gasteiger partial charge in [0, 0.05) is 32.6 Å². The van der Waals surface area contributed by atoms with E-state index < -0.39 is 53.5 Å². The number of carbonyl (C=O) groups excluding carboxylic acids is 3. The molecule has 2 aliphatic heterocycles. The molecule has 0 spiro atoms. The van der Waals surface area contributed by atoms with Crippen LogP contribution in [-0.4, -0.2) is 58.6 Å². The standard InChI is InChI=1S/C26H40O8/c1-13(2)18-12-21(32-16(5)28)26(8,34-17(6)29)23-20-11-14(3)19(31-15(4)27)9-10-25(7,30)24(33-20)22(18)23/h13,18-24,30H,3,9-12H2,1-2,4-8H3/t18-,19+,20-,21+,22-,23-,24-,25-,26-/m1/s1. The second kappa shape index (κ2) is 9.61. The number of hydrogen-bond acceptors (Lipinski definition) is 8. The van der Waals surface area contributed by atoms with E-state index in [1.807, 2.05) is 6.92 Å². The zero-order valence-corrected chi connectivity index (χ0v) is 21.5. The number of ether oxygens (including phenoxy) is 4. The third-order valence-electron chi connectivity index (χ3n) is 8.05. The summed E-state index contributed by atoms with van der Waals surface area (Å²) in [7, 11) is 0. The van der Waals surface area contributed by atoms with Gasteiger partial charge in [0.25, 0.3) is 0 Å². The van der Waals surface area contributed by atoms with Crippen LogP contribution in [0.3, 0.4) is 0 Å².